The van der Waals surface area contributed by atoms with E-state index < -0.39 is 40.1 Å². The lowest BCUT2D eigenvalue weighted by molar-refractivity contribution is -0.00192. The summed E-state index contributed by atoms with van der Waals surface area (Å²) in [7, 11) is 1.47. The lowest BCUT2D eigenvalue weighted by Gasteiger charge is -2.32. The maximum absolute atomic E-state index is 16.7. The number of fused-ring (bicyclic) bond motifs is 2. The molecule has 11 heteroatoms. The molecule has 2 aromatic heterocycles. The Morgan fingerprint density at radius 1 is 1.16 bits per heavy atom. The van der Waals surface area contributed by atoms with Crippen LogP contribution in [0.15, 0.2) is 48.7 Å². The second-order valence-electron chi connectivity index (χ2n) is 11.6. The predicted octanol–water partition coefficient (Wildman–Crippen LogP) is 6.18. The summed E-state index contributed by atoms with van der Waals surface area (Å²) < 4.78 is 58.9. The first kappa shape index (κ1) is 29.6. The van der Waals surface area contributed by atoms with Gasteiger partial charge in [-0.25, -0.2) is 13.2 Å². The predicted molar refractivity (Wildman–Crippen MR) is 159 cm³/mol. The van der Waals surface area contributed by atoms with E-state index in [1.165, 1.54) is 45.4 Å². The third-order valence-corrected chi connectivity index (χ3v) is 8.18. The van der Waals surface area contributed by atoms with E-state index in [1.54, 1.807) is 31.2 Å². The van der Waals surface area contributed by atoms with Crippen molar-refractivity contribution in [2.45, 2.75) is 44.8 Å². The molecule has 3 aromatic carbocycles. The molecule has 1 saturated heterocycles. The standard InChI is InChI=1S/C33H31F3N4O4/c1-17-11-18-12-19(13-25(43-4)29(18)40-39-17)31(41)38-16-33(9-6-10-44-33)23-14-22(32(2,3)42)27(35)26(28(23)36)21-15-37-30-20(21)7-5-8-24(30)34/h5,7-8,11-15,37,42H,6,9-10,16H2,1-4H3,(H,38,41)/t33-/m0/s1. The number of rotatable bonds is 7. The zero-order valence-corrected chi connectivity index (χ0v) is 24.6. The van der Waals surface area contributed by atoms with Gasteiger partial charge in [0.2, 0.25) is 0 Å². The van der Waals surface area contributed by atoms with E-state index in [4.69, 9.17) is 9.47 Å². The smallest absolute Gasteiger partial charge is 0.251 e. The van der Waals surface area contributed by atoms with Gasteiger partial charge < -0.3 is 24.9 Å². The molecule has 3 heterocycles. The molecule has 1 fully saturated rings. The van der Waals surface area contributed by atoms with Crippen molar-refractivity contribution in [2.75, 3.05) is 20.3 Å². The first-order valence-corrected chi connectivity index (χ1v) is 14.2. The Bertz CT molecular complexity index is 1930. The first-order valence-electron chi connectivity index (χ1n) is 14.2. The highest BCUT2D eigenvalue weighted by molar-refractivity contribution is 6.00. The van der Waals surface area contributed by atoms with Crippen molar-refractivity contribution in [3.05, 3.63) is 88.5 Å². The molecule has 3 N–H and O–H groups in total. The second-order valence-corrected chi connectivity index (χ2v) is 11.6. The number of aromatic nitrogens is 3. The topological polar surface area (TPSA) is 109 Å². The molecule has 0 bridgehead atoms. The Morgan fingerprint density at radius 3 is 2.66 bits per heavy atom. The fourth-order valence-electron chi connectivity index (χ4n) is 5.96. The van der Waals surface area contributed by atoms with Crippen LogP contribution in [0.4, 0.5) is 13.2 Å². The molecule has 0 unspecified atom stereocenters. The van der Waals surface area contributed by atoms with Crippen LogP contribution in [0.5, 0.6) is 5.75 Å². The van der Waals surface area contributed by atoms with Gasteiger partial charge in [-0.2, -0.15) is 5.10 Å². The molecule has 5 aromatic rings. The Labute approximate surface area is 251 Å². The monoisotopic (exact) mass is 604 g/mol. The first-order chi connectivity index (χ1) is 20.9. The molecule has 8 nitrogen and oxygen atoms in total. The van der Waals surface area contributed by atoms with Gasteiger partial charge in [0.05, 0.1) is 36.0 Å². The van der Waals surface area contributed by atoms with Gasteiger partial charge in [0.25, 0.3) is 5.91 Å². The number of carbonyl (C=O) groups excluding carboxylic acids is 1. The van der Waals surface area contributed by atoms with Gasteiger partial charge in [0.1, 0.15) is 34.3 Å². The third kappa shape index (κ3) is 4.95. The lowest BCUT2D eigenvalue weighted by atomic mass is 9.83. The van der Waals surface area contributed by atoms with Crippen LogP contribution in [0.25, 0.3) is 32.9 Å². The van der Waals surface area contributed by atoms with Gasteiger partial charge >= 0.3 is 0 Å². The van der Waals surface area contributed by atoms with E-state index in [0.29, 0.717) is 35.2 Å². The van der Waals surface area contributed by atoms with Crippen molar-refractivity contribution >= 4 is 27.7 Å². The van der Waals surface area contributed by atoms with E-state index in [9.17, 15) is 14.3 Å². The molecular formula is C33H31F3N4O4. The number of hydrogen-bond donors (Lipinski definition) is 3. The van der Waals surface area contributed by atoms with Crippen molar-refractivity contribution in [1.82, 2.24) is 20.5 Å². The summed E-state index contributed by atoms with van der Waals surface area (Å²) in [5.41, 5.74) is -2.03. The number of aliphatic hydroxyl groups is 1. The minimum atomic E-state index is -1.70. The summed E-state index contributed by atoms with van der Waals surface area (Å²) in [6.45, 7) is 4.71. The number of hydrogen-bond acceptors (Lipinski definition) is 6. The molecule has 0 radical (unpaired) electrons. The lowest BCUT2D eigenvalue weighted by Crippen LogP contribution is -2.41. The molecular weight excluding hydrogens is 573 g/mol. The summed E-state index contributed by atoms with van der Waals surface area (Å²) in [6.07, 6.45) is 2.22. The van der Waals surface area contributed by atoms with Gasteiger partial charge in [-0.05, 0) is 63.9 Å². The number of methoxy groups -OCH3 is 1. The van der Waals surface area contributed by atoms with Crippen LogP contribution < -0.4 is 10.1 Å². The molecule has 1 atom stereocenters. The van der Waals surface area contributed by atoms with E-state index in [1.807, 2.05) is 0 Å². The fourth-order valence-corrected chi connectivity index (χ4v) is 5.96. The Hall–Kier alpha value is -4.48. The maximum atomic E-state index is 16.7. The Morgan fingerprint density at radius 2 is 1.95 bits per heavy atom. The molecule has 0 aliphatic carbocycles. The number of ether oxygens (including phenoxy) is 2. The number of carbonyl (C=O) groups is 1. The van der Waals surface area contributed by atoms with Gasteiger partial charge in [0, 0.05) is 45.8 Å². The number of nitrogens with one attached hydrogen (secondary N) is 2. The molecule has 44 heavy (non-hydrogen) atoms. The molecule has 0 spiro atoms. The molecule has 1 aliphatic heterocycles. The average Bonchev–Trinajstić information content (AvgIpc) is 3.63. The van der Waals surface area contributed by atoms with Gasteiger partial charge in [-0.15, -0.1) is 5.10 Å². The van der Waals surface area contributed by atoms with Crippen molar-refractivity contribution in [3.8, 4) is 16.9 Å². The van der Waals surface area contributed by atoms with Crippen LogP contribution in [0, 0.1) is 24.4 Å². The fraction of sp³-hybridized carbons (Fsp3) is 0.303. The Kier molecular flexibility index (Phi) is 7.33. The van der Waals surface area contributed by atoms with Gasteiger partial charge in [-0.1, -0.05) is 12.1 Å². The molecule has 6 rings (SSSR count). The molecule has 228 valence electrons. The second kappa shape index (κ2) is 10.9. The van der Waals surface area contributed by atoms with E-state index in [2.05, 4.69) is 20.5 Å². The number of halogens is 3. The number of aromatic amines is 1. The van der Waals surface area contributed by atoms with Crippen molar-refractivity contribution in [2.24, 2.45) is 0 Å². The summed E-state index contributed by atoms with van der Waals surface area (Å²) in [5, 5.41) is 23.0. The highest BCUT2D eigenvalue weighted by Gasteiger charge is 2.43. The number of aryl methyl sites for hydroxylation is 1. The van der Waals surface area contributed by atoms with Crippen LogP contribution in [-0.2, 0) is 15.9 Å². The number of para-hydroxylation sites is 1. The summed E-state index contributed by atoms with van der Waals surface area (Å²) in [4.78, 5) is 16.2. The minimum absolute atomic E-state index is 0.0171. The zero-order chi connectivity index (χ0) is 31.4. The van der Waals surface area contributed by atoms with Crippen LogP contribution >= 0.6 is 0 Å². The van der Waals surface area contributed by atoms with Gasteiger partial charge in [0.15, 0.2) is 0 Å². The average molecular weight is 605 g/mol. The van der Waals surface area contributed by atoms with E-state index in [0.717, 1.165) is 0 Å². The molecule has 1 aliphatic rings. The summed E-state index contributed by atoms with van der Waals surface area (Å²) >= 11 is 0. The number of H-pyrrole nitrogens is 1. The van der Waals surface area contributed by atoms with E-state index in [-0.39, 0.29) is 46.3 Å². The largest absolute Gasteiger partial charge is 0.494 e. The molecule has 0 saturated carbocycles. The van der Waals surface area contributed by atoms with Crippen LogP contribution in [0.1, 0.15) is 53.9 Å². The number of benzene rings is 3. The summed E-state index contributed by atoms with van der Waals surface area (Å²) in [6, 6.07) is 10.5. The van der Waals surface area contributed by atoms with Crippen molar-refractivity contribution in [3.63, 3.8) is 0 Å². The Balaban J connectivity index is 1.44. The number of amides is 1. The van der Waals surface area contributed by atoms with Crippen molar-refractivity contribution in [1.29, 1.82) is 0 Å². The third-order valence-electron chi connectivity index (χ3n) is 8.18. The maximum Gasteiger partial charge on any atom is 0.251 e. The zero-order valence-electron chi connectivity index (χ0n) is 24.6. The van der Waals surface area contributed by atoms with E-state index >= 15 is 8.78 Å². The normalized spacial score (nSPS) is 17.0. The minimum Gasteiger partial charge on any atom is -0.494 e. The highest BCUT2D eigenvalue weighted by Crippen LogP contribution is 2.45. The molecule has 1 amide bonds. The van der Waals surface area contributed by atoms with Gasteiger partial charge in [-0.3, -0.25) is 4.79 Å². The van der Waals surface area contributed by atoms with Crippen LogP contribution in [0.2, 0.25) is 0 Å². The SMILES string of the molecule is COc1cc(C(=O)NC[C@]2(c3cc(C(C)(C)O)c(F)c(-c4c[nH]c5c(F)cccc45)c3F)CCCO2)cc2cc(C)nnc12. The number of nitrogens with zero attached hydrogens (tertiary/aromatic N) is 2. The van der Waals surface area contributed by atoms with Crippen LogP contribution in [0.3, 0.4) is 0 Å². The van der Waals surface area contributed by atoms with Crippen molar-refractivity contribution < 1.29 is 32.5 Å². The highest BCUT2D eigenvalue weighted by atomic mass is 19.1. The quantitative estimate of drug-likeness (QED) is 0.205. The summed E-state index contributed by atoms with van der Waals surface area (Å²) in [5.74, 6) is -2.56. The van der Waals surface area contributed by atoms with Crippen LogP contribution in [-0.4, -0.2) is 46.5 Å².